The fourth-order valence-electron chi connectivity index (χ4n) is 6.89. The second-order valence-corrected chi connectivity index (χ2v) is 16.5. The largest absolute Gasteiger partial charge is 0.394 e. The average molecular weight is 892 g/mol. The summed E-state index contributed by atoms with van der Waals surface area (Å²) in [6.07, 6.45) is 58.1. The molecule has 0 aromatic carbocycles. The zero-order chi connectivity index (χ0) is 46.6. The van der Waals surface area contributed by atoms with Crippen molar-refractivity contribution in [1.29, 1.82) is 0 Å². The normalized spacial score (nSPS) is 21.1. The van der Waals surface area contributed by atoms with Gasteiger partial charge in [-0.2, -0.15) is 0 Å². The maximum Gasteiger partial charge on any atom is 0.220 e. The highest BCUT2D eigenvalue weighted by atomic mass is 16.7. The Balaban J connectivity index is 2.23. The van der Waals surface area contributed by atoms with Gasteiger partial charge in [-0.25, -0.2) is 0 Å². The van der Waals surface area contributed by atoms with Gasteiger partial charge in [-0.05, 0) is 89.9 Å². The Morgan fingerprint density at radius 3 is 1.41 bits per heavy atom. The van der Waals surface area contributed by atoms with Crippen LogP contribution in [-0.4, -0.2) is 87.5 Å². The van der Waals surface area contributed by atoms with E-state index in [-0.39, 0.29) is 12.5 Å². The molecule has 1 fully saturated rings. The van der Waals surface area contributed by atoms with E-state index in [1.807, 2.05) is 0 Å². The predicted molar refractivity (Wildman–Crippen MR) is 267 cm³/mol. The van der Waals surface area contributed by atoms with Gasteiger partial charge in [-0.1, -0.05) is 187 Å². The SMILES string of the molecule is CC/C=C\C/C=C\C/C=C\C/C=C\C/C=C\C/C=C\C/C=C\C/C=C\C/C=C\C/C=C\CCCCC(=O)NC(COC1OC(CO)C(O)C(O)C1O)C(O)CCCCCCCCCC. The van der Waals surface area contributed by atoms with E-state index in [2.05, 4.69) is 141 Å². The summed E-state index contributed by atoms with van der Waals surface area (Å²) in [4.78, 5) is 12.9. The van der Waals surface area contributed by atoms with Crippen LogP contribution >= 0.6 is 0 Å². The molecule has 7 atom stereocenters. The number of rotatable bonds is 39. The highest BCUT2D eigenvalue weighted by Crippen LogP contribution is 2.23. The monoisotopic (exact) mass is 892 g/mol. The van der Waals surface area contributed by atoms with Crippen molar-refractivity contribution in [2.45, 2.75) is 204 Å². The van der Waals surface area contributed by atoms with Crippen LogP contribution in [0.15, 0.2) is 122 Å². The summed E-state index contributed by atoms with van der Waals surface area (Å²) < 4.78 is 11.2. The first-order valence-corrected chi connectivity index (χ1v) is 24.7. The van der Waals surface area contributed by atoms with Crippen molar-refractivity contribution in [3.05, 3.63) is 122 Å². The molecular formula is C55H89NO8. The van der Waals surface area contributed by atoms with Gasteiger partial charge < -0.3 is 40.3 Å². The number of hydrogen-bond acceptors (Lipinski definition) is 8. The Morgan fingerprint density at radius 1 is 0.547 bits per heavy atom. The first kappa shape index (κ1) is 58.6. The minimum absolute atomic E-state index is 0.165. The molecule has 1 aliphatic heterocycles. The molecule has 1 aliphatic rings. The third-order valence-electron chi connectivity index (χ3n) is 10.8. The summed E-state index contributed by atoms with van der Waals surface area (Å²) in [7, 11) is 0. The number of amides is 1. The Hall–Kier alpha value is -3.41. The molecule has 64 heavy (non-hydrogen) atoms. The van der Waals surface area contributed by atoms with Gasteiger partial charge >= 0.3 is 0 Å². The molecule has 1 heterocycles. The first-order chi connectivity index (χ1) is 31.3. The second-order valence-electron chi connectivity index (χ2n) is 16.5. The second kappa shape index (κ2) is 43.5. The third kappa shape index (κ3) is 33.1. The fraction of sp³-hybridized carbons (Fsp3) is 0.618. The average Bonchev–Trinajstić information content (AvgIpc) is 3.29. The summed E-state index contributed by atoms with van der Waals surface area (Å²) in [6, 6.07) is -0.749. The number of nitrogens with one attached hydrogen (secondary N) is 1. The summed E-state index contributed by atoms with van der Waals surface area (Å²) >= 11 is 0. The standard InChI is InChI=1S/C55H89NO8/c1-3-5-7-9-11-13-14-15-16-17-18-19-20-21-22-23-24-25-26-27-28-29-30-31-32-33-34-35-36-37-39-41-43-45-51(59)56-48(49(58)44-42-40-38-12-10-8-6-4-2)47-63-55-54(62)53(61)52(60)50(46-57)64-55/h5,7,11,13,15-16,18-19,21-22,24-25,27-28,30-31,33-34,36-37,48-50,52-55,57-58,60-62H,3-4,6,8-10,12,14,17,20,23,26,29,32,35,38-47H2,1-2H3,(H,56,59)/b7-5-,13-11-,16-15-,19-18-,22-21-,25-24-,28-27-,31-30-,34-33-,37-36-. The van der Waals surface area contributed by atoms with Crippen molar-refractivity contribution in [3.8, 4) is 0 Å². The van der Waals surface area contributed by atoms with E-state index in [1.54, 1.807) is 0 Å². The third-order valence-corrected chi connectivity index (χ3v) is 10.8. The van der Waals surface area contributed by atoms with Crippen LogP contribution < -0.4 is 5.32 Å². The molecule has 1 rings (SSSR count). The van der Waals surface area contributed by atoms with Crippen molar-refractivity contribution < 1.29 is 39.8 Å². The highest BCUT2D eigenvalue weighted by molar-refractivity contribution is 5.76. The minimum atomic E-state index is -1.57. The first-order valence-electron chi connectivity index (χ1n) is 24.7. The van der Waals surface area contributed by atoms with E-state index in [9.17, 15) is 30.3 Å². The summed E-state index contributed by atoms with van der Waals surface area (Å²) in [6.45, 7) is 3.62. The van der Waals surface area contributed by atoms with E-state index >= 15 is 0 Å². The van der Waals surface area contributed by atoms with Crippen LogP contribution in [0.25, 0.3) is 0 Å². The number of hydrogen-bond donors (Lipinski definition) is 6. The van der Waals surface area contributed by atoms with Crippen molar-refractivity contribution in [3.63, 3.8) is 0 Å². The quantitative estimate of drug-likeness (QED) is 0.0264. The Bertz CT molecular complexity index is 1410. The molecule has 9 nitrogen and oxygen atoms in total. The Kier molecular flexibility index (Phi) is 39.8. The van der Waals surface area contributed by atoms with Gasteiger partial charge in [0.1, 0.15) is 24.4 Å². The predicted octanol–water partition coefficient (Wildman–Crippen LogP) is 11.2. The molecule has 7 unspecified atom stereocenters. The van der Waals surface area contributed by atoms with E-state index < -0.39 is 49.5 Å². The zero-order valence-electron chi connectivity index (χ0n) is 39.7. The fourth-order valence-corrected chi connectivity index (χ4v) is 6.89. The van der Waals surface area contributed by atoms with Gasteiger partial charge in [0.2, 0.25) is 5.91 Å². The van der Waals surface area contributed by atoms with E-state index in [4.69, 9.17) is 9.47 Å². The van der Waals surface area contributed by atoms with E-state index in [0.29, 0.717) is 19.3 Å². The number of allylic oxidation sites excluding steroid dienone is 20. The summed E-state index contributed by atoms with van der Waals surface area (Å²) in [5.74, 6) is -0.197. The molecule has 1 saturated heterocycles. The maximum atomic E-state index is 12.9. The molecule has 362 valence electrons. The number of ether oxygens (including phenoxy) is 2. The lowest BCUT2D eigenvalue weighted by molar-refractivity contribution is -0.302. The van der Waals surface area contributed by atoms with Crippen LogP contribution in [0.3, 0.4) is 0 Å². The number of carbonyl (C=O) groups is 1. The van der Waals surface area contributed by atoms with Crippen LogP contribution in [0.2, 0.25) is 0 Å². The van der Waals surface area contributed by atoms with Crippen molar-refractivity contribution in [2.24, 2.45) is 0 Å². The van der Waals surface area contributed by atoms with Crippen molar-refractivity contribution >= 4 is 5.91 Å². The zero-order valence-corrected chi connectivity index (χ0v) is 39.7. The van der Waals surface area contributed by atoms with Crippen LogP contribution in [0.1, 0.15) is 162 Å². The van der Waals surface area contributed by atoms with E-state index in [0.717, 1.165) is 96.3 Å². The lowest BCUT2D eigenvalue weighted by atomic mass is 9.99. The summed E-state index contributed by atoms with van der Waals surface area (Å²) in [5, 5.41) is 54.1. The highest BCUT2D eigenvalue weighted by Gasteiger charge is 2.44. The summed E-state index contributed by atoms with van der Waals surface area (Å²) in [5.41, 5.74) is 0. The van der Waals surface area contributed by atoms with Gasteiger partial charge in [0.05, 0.1) is 25.4 Å². The van der Waals surface area contributed by atoms with Crippen LogP contribution in [-0.2, 0) is 14.3 Å². The van der Waals surface area contributed by atoms with Crippen molar-refractivity contribution in [2.75, 3.05) is 13.2 Å². The van der Waals surface area contributed by atoms with Gasteiger partial charge in [-0.3, -0.25) is 4.79 Å². The number of unbranched alkanes of at least 4 members (excludes halogenated alkanes) is 9. The minimum Gasteiger partial charge on any atom is -0.394 e. The Morgan fingerprint density at radius 2 is 0.969 bits per heavy atom. The number of aliphatic hydroxyl groups is 5. The molecule has 0 saturated carbocycles. The maximum absolute atomic E-state index is 12.9. The van der Waals surface area contributed by atoms with Crippen molar-refractivity contribution in [1.82, 2.24) is 5.32 Å². The Labute approximate surface area is 388 Å². The molecule has 9 heteroatoms. The van der Waals surface area contributed by atoms with Gasteiger partial charge in [0, 0.05) is 6.42 Å². The number of aliphatic hydroxyl groups excluding tert-OH is 5. The van der Waals surface area contributed by atoms with E-state index in [1.165, 1.54) is 32.1 Å². The lowest BCUT2D eigenvalue weighted by Gasteiger charge is -2.40. The van der Waals surface area contributed by atoms with Gasteiger partial charge in [0.25, 0.3) is 0 Å². The number of carbonyl (C=O) groups excluding carboxylic acids is 1. The molecule has 0 radical (unpaired) electrons. The molecule has 1 amide bonds. The van der Waals surface area contributed by atoms with Gasteiger partial charge in [0.15, 0.2) is 6.29 Å². The topological polar surface area (TPSA) is 149 Å². The molecule has 0 bridgehead atoms. The smallest absolute Gasteiger partial charge is 0.220 e. The van der Waals surface area contributed by atoms with Gasteiger partial charge in [-0.15, -0.1) is 0 Å². The molecule has 0 aromatic rings. The molecule has 0 spiro atoms. The molecule has 6 N–H and O–H groups in total. The molecular weight excluding hydrogens is 803 g/mol. The van der Waals surface area contributed by atoms with Crippen LogP contribution in [0.5, 0.6) is 0 Å². The lowest BCUT2D eigenvalue weighted by Crippen LogP contribution is -2.60. The van der Waals surface area contributed by atoms with Crippen LogP contribution in [0, 0.1) is 0 Å². The molecule has 0 aliphatic carbocycles. The van der Waals surface area contributed by atoms with Crippen LogP contribution in [0.4, 0.5) is 0 Å². The molecule has 0 aromatic heterocycles.